The van der Waals surface area contributed by atoms with Crippen LogP contribution in [0.25, 0.3) is 11.2 Å². The lowest BCUT2D eigenvalue weighted by atomic mass is 10.1. The number of nitrogens with zero attached hydrogens (tertiary/aromatic N) is 3. The Balaban J connectivity index is 1.70. The molecule has 2 aliphatic rings. The van der Waals surface area contributed by atoms with Crippen molar-refractivity contribution in [2.75, 3.05) is 18.1 Å². The topological polar surface area (TPSA) is 39.9 Å². The van der Waals surface area contributed by atoms with Crippen LogP contribution in [0.2, 0.25) is 0 Å². The zero-order chi connectivity index (χ0) is 14.1. The Morgan fingerprint density at radius 3 is 3.14 bits per heavy atom. The highest BCUT2D eigenvalue weighted by molar-refractivity contribution is 7.99. The second-order valence-electron chi connectivity index (χ2n) is 6.01. The van der Waals surface area contributed by atoms with Crippen molar-refractivity contribution in [3.63, 3.8) is 0 Å². The molecule has 2 fully saturated rings. The van der Waals surface area contributed by atoms with Crippen molar-refractivity contribution in [3.05, 3.63) is 24.2 Å². The molecule has 0 radical (unpaired) electrons. The number of thioether (sulfide) groups is 1. The van der Waals surface area contributed by atoms with Crippen molar-refractivity contribution in [1.82, 2.24) is 14.5 Å². The van der Waals surface area contributed by atoms with Crippen molar-refractivity contribution in [2.45, 2.75) is 38.3 Å². The molecule has 4 rings (SSSR count). The summed E-state index contributed by atoms with van der Waals surface area (Å²) in [6, 6.07) is 4.03. The van der Waals surface area contributed by atoms with E-state index in [1.807, 2.05) is 12.3 Å². The lowest BCUT2D eigenvalue weighted by Gasteiger charge is -2.23. The molecule has 4 nitrogen and oxygen atoms in total. The maximum atomic E-state index is 5.88. The van der Waals surface area contributed by atoms with Crippen molar-refractivity contribution >= 4 is 22.9 Å². The number of imidazole rings is 1. The summed E-state index contributed by atoms with van der Waals surface area (Å²) in [5.41, 5.74) is 2.03. The van der Waals surface area contributed by atoms with Gasteiger partial charge in [0.15, 0.2) is 5.65 Å². The van der Waals surface area contributed by atoms with Gasteiger partial charge in [0.2, 0.25) is 0 Å². The lowest BCUT2D eigenvalue weighted by Crippen LogP contribution is -2.20. The van der Waals surface area contributed by atoms with Crippen LogP contribution in [0, 0.1) is 5.92 Å². The van der Waals surface area contributed by atoms with Gasteiger partial charge in [-0.15, -0.1) is 0 Å². The largest absolute Gasteiger partial charge is 0.370 e. The molecule has 0 bridgehead atoms. The third-order valence-electron chi connectivity index (χ3n) is 4.45. The van der Waals surface area contributed by atoms with Crippen LogP contribution in [0.1, 0.15) is 37.6 Å². The number of hydrogen-bond donors (Lipinski definition) is 0. The minimum atomic E-state index is 0.162. The van der Waals surface area contributed by atoms with E-state index in [1.54, 1.807) is 0 Å². The zero-order valence-corrected chi connectivity index (χ0v) is 13.0. The van der Waals surface area contributed by atoms with Gasteiger partial charge in [-0.25, -0.2) is 9.97 Å². The van der Waals surface area contributed by atoms with Crippen molar-refractivity contribution in [1.29, 1.82) is 0 Å². The minimum Gasteiger partial charge on any atom is -0.370 e. The summed E-state index contributed by atoms with van der Waals surface area (Å²) in [5.74, 6) is 4.41. The second kappa shape index (κ2) is 5.97. The number of pyridine rings is 1. The number of aromatic nitrogens is 3. The van der Waals surface area contributed by atoms with E-state index in [2.05, 4.69) is 27.4 Å². The van der Waals surface area contributed by atoms with Gasteiger partial charge in [0.05, 0.1) is 0 Å². The van der Waals surface area contributed by atoms with Crippen molar-refractivity contribution < 1.29 is 4.74 Å². The summed E-state index contributed by atoms with van der Waals surface area (Å²) in [4.78, 5) is 9.41. The van der Waals surface area contributed by atoms with Gasteiger partial charge in [-0.3, -0.25) is 0 Å². The van der Waals surface area contributed by atoms with Gasteiger partial charge in [0.25, 0.3) is 0 Å². The molecular formula is C16H21N3OS. The third kappa shape index (κ3) is 2.69. The van der Waals surface area contributed by atoms with E-state index >= 15 is 0 Å². The van der Waals surface area contributed by atoms with E-state index in [0.29, 0.717) is 0 Å². The van der Waals surface area contributed by atoms with Gasteiger partial charge < -0.3 is 9.30 Å². The van der Waals surface area contributed by atoms with Crippen LogP contribution in [0.15, 0.2) is 18.3 Å². The van der Waals surface area contributed by atoms with Crippen LogP contribution in [0.4, 0.5) is 0 Å². The number of rotatable bonds is 3. The molecule has 21 heavy (non-hydrogen) atoms. The van der Waals surface area contributed by atoms with E-state index in [0.717, 1.165) is 48.9 Å². The van der Waals surface area contributed by atoms with Crippen LogP contribution < -0.4 is 0 Å². The molecule has 2 aromatic rings. The molecule has 0 N–H and O–H groups in total. The molecule has 2 unspecified atom stereocenters. The fourth-order valence-electron chi connectivity index (χ4n) is 3.39. The number of ether oxygens (including phenoxy) is 1. The van der Waals surface area contributed by atoms with E-state index in [4.69, 9.17) is 9.72 Å². The first-order valence-corrected chi connectivity index (χ1v) is 9.08. The molecule has 0 saturated carbocycles. The SMILES string of the molecule is c1cnc2c(c1)nc(C1CCCO1)n2CC1CCCSC1. The molecule has 2 atom stereocenters. The number of fused-ring (bicyclic) bond motifs is 1. The molecule has 4 heterocycles. The molecule has 2 saturated heterocycles. The lowest BCUT2D eigenvalue weighted by molar-refractivity contribution is 0.101. The fourth-order valence-corrected chi connectivity index (χ4v) is 4.54. The van der Waals surface area contributed by atoms with E-state index in [9.17, 15) is 0 Å². The summed E-state index contributed by atoms with van der Waals surface area (Å²) >= 11 is 2.08. The van der Waals surface area contributed by atoms with Gasteiger partial charge in [0, 0.05) is 19.3 Å². The predicted molar refractivity (Wildman–Crippen MR) is 85.5 cm³/mol. The number of hydrogen-bond acceptors (Lipinski definition) is 4. The molecule has 0 amide bonds. The maximum absolute atomic E-state index is 5.88. The van der Waals surface area contributed by atoms with Crippen LogP contribution >= 0.6 is 11.8 Å². The highest BCUT2D eigenvalue weighted by atomic mass is 32.2. The Hall–Kier alpha value is -1.07. The molecule has 0 spiro atoms. The maximum Gasteiger partial charge on any atom is 0.160 e. The van der Waals surface area contributed by atoms with Crippen LogP contribution in [-0.4, -0.2) is 32.6 Å². The Labute approximate surface area is 129 Å². The normalized spacial score (nSPS) is 26.5. The van der Waals surface area contributed by atoms with Gasteiger partial charge in [-0.05, 0) is 55.2 Å². The third-order valence-corrected chi connectivity index (χ3v) is 5.73. The highest BCUT2D eigenvalue weighted by Crippen LogP contribution is 2.32. The van der Waals surface area contributed by atoms with E-state index in [-0.39, 0.29) is 6.10 Å². The van der Waals surface area contributed by atoms with E-state index < -0.39 is 0 Å². The summed E-state index contributed by atoms with van der Waals surface area (Å²) in [6.45, 7) is 1.90. The summed E-state index contributed by atoms with van der Waals surface area (Å²) in [6.07, 6.45) is 6.92. The molecule has 2 aromatic heterocycles. The Morgan fingerprint density at radius 2 is 2.33 bits per heavy atom. The molecule has 112 valence electrons. The first-order valence-electron chi connectivity index (χ1n) is 7.92. The zero-order valence-electron chi connectivity index (χ0n) is 12.2. The van der Waals surface area contributed by atoms with Crippen molar-refractivity contribution in [3.8, 4) is 0 Å². The molecule has 5 heteroatoms. The average Bonchev–Trinajstić information content (AvgIpc) is 3.16. The van der Waals surface area contributed by atoms with Crippen LogP contribution in [0.3, 0.4) is 0 Å². The monoisotopic (exact) mass is 303 g/mol. The first-order chi connectivity index (χ1) is 10.4. The summed E-state index contributed by atoms with van der Waals surface area (Å²) in [5, 5.41) is 0. The molecule has 0 aliphatic carbocycles. The van der Waals surface area contributed by atoms with Crippen molar-refractivity contribution in [2.24, 2.45) is 5.92 Å². The van der Waals surface area contributed by atoms with Gasteiger partial charge in [-0.1, -0.05) is 0 Å². The quantitative estimate of drug-likeness (QED) is 0.871. The molecule has 2 aliphatic heterocycles. The molecular weight excluding hydrogens is 282 g/mol. The van der Waals surface area contributed by atoms with E-state index in [1.165, 1.54) is 24.3 Å². The standard InChI is InChI=1S/C16H21N3OS/c1-5-13-15(17-7-1)19(10-12-4-3-9-21-11-12)16(18-13)14-6-2-8-20-14/h1,5,7,12,14H,2-4,6,8-11H2. The smallest absolute Gasteiger partial charge is 0.160 e. The summed E-state index contributed by atoms with van der Waals surface area (Å²) in [7, 11) is 0. The highest BCUT2D eigenvalue weighted by Gasteiger charge is 2.26. The van der Waals surface area contributed by atoms with Crippen LogP contribution in [0.5, 0.6) is 0 Å². The molecule has 0 aromatic carbocycles. The average molecular weight is 303 g/mol. The summed E-state index contributed by atoms with van der Waals surface area (Å²) < 4.78 is 8.22. The van der Waals surface area contributed by atoms with Gasteiger partial charge in [0.1, 0.15) is 17.4 Å². The van der Waals surface area contributed by atoms with Gasteiger partial charge >= 0.3 is 0 Å². The predicted octanol–water partition coefficient (Wildman–Crippen LogP) is 3.43. The fraction of sp³-hybridized carbons (Fsp3) is 0.625. The minimum absolute atomic E-state index is 0.162. The Bertz CT molecular complexity index is 615. The van der Waals surface area contributed by atoms with Gasteiger partial charge in [-0.2, -0.15) is 11.8 Å². The Kier molecular flexibility index (Phi) is 3.86. The Morgan fingerprint density at radius 1 is 1.33 bits per heavy atom. The second-order valence-corrected chi connectivity index (χ2v) is 7.16. The van der Waals surface area contributed by atoms with Crippen LogP contribution in [-0.2, 0) is 11.3 Å². The first kappa shape index (κ1) is 13.6.